The minimum Gasteiger partial charge on any atom is -0.369 e. The van der Waals surface area contributed by atoms with E-state index in [-0.39, 0.29) is 30.0 Å². The first-order valence-corrected chi connectivity index (χ1v) is 14.8. The number of nitrogens with one attached hydrogen (secondary N) is 1. The van der Waals surface area contributed by atoms with Gasteiger partial charge in [-0.05, 0) is 66.8 Å². The molecule has 2 aliphatic rings. The van der Waals surface area contributed by atoms with E-state index in [9.17, 15) is 17.6 Å². The number of ketones is 1. The molecular formula is C25H26ClFN4O5S2. The van der Waals surface area contributed by atoms with Gasteiger partial charge in [0.15, 0.2) is 0 Å². The zero-order valence-corrected chi connectivity index (χ0v) is 22.6. The van der Waals surface area contributed by atoms with E-state index < -0.39 is 16.4 Å². The molecule has 13 heteroatoms. The van der Waals surface area contributed by atoms with Gasteiger partial charge in [-0.1, -0.05) is 17.7 Å². The van der Waals surface area contributed by atoms with E-state index in [1.54, 1.807) is 12.1 Å². The highest BCUT2D eigenvalue weighted by atomic mass is 35.5. The fourth-order valence-electron chi connectivity index (χ4n) is 5.06. The van der Waals surface area contributed by atoms with Crippen molar-refractivity contribution in [2.24, 2.45) is 17.0 Å². The third kappa shape index (κ3) is 6.22. The van der Waals surface area contributed by atoms with Crippen molar-refractivity contribution < 1.29 is 26.5 Å². The lowest BCUT2D eigenvalue weighted by atomic mass is 9.94. The Morgan fingerprint density at radius 3 is 2.89 bits per heavy atom. The number of nitrogens with two attached hydrogens (primary N) is 1. The second kappa shape index (κ2) is 11.3. The minimum absolute atomic E-state index is 0.0653. The number of thiophene rings is 1. The fourth-order valence-corrected chi connectivity index (χ4v) is 6.71. The summed E-state index contributed by atoms with van der Waals surface area (Å²) < 4.78 is 47.2. The average molecular weight is 581 g/mol. The van der Waals surface area contributed by atoms with Gasteiger partial charge in [-0.3, -0.25) is 8.98 Å². The number of ether oxygens (including phenoxy) is 1. The Bertz CT molecular complexity index is 1450. The standard InChI is InChI=1S/C25H26ClFN4O5S2/c26-24-19(23-18-8-17(27)4-3-16(18)5-6-35-23)9-21(37-24)22(32)20-11-29-13-31-25(20)30-10-14-1-2-15(7-14)12-36-38(28,33)34/h3-4,8-9,11,13-15,23H,1-2,5-7,10,12H2,(H2,28,33,34)(H,29,30,31)/t14-,15+,23?/m0/s1. The quantitative estimate of drug-likeness (QED) is 0.358. The summed E-state index contributed by atoms with van der Waals surface area (Å²) >= 11 is 7.70. The molecule has 3 atom stereocenters. The number of hydrogen-bond donors (Lipinski definition) is 2. The summed E-state index contributed by atoms with van der Waals surface area (Å²) in [5.41, 5.74) is 2.63. The van der Waals surface area contributed by atoms with Gasteiger partial charge in [-0.25, -0.2) is 19.5 Å². The fraction of sp³-hybridized carbons (Fsp3) is 0.400. The summed E-state index contributed by atoms with van der Waals surface area (Å²) in [6, 6.07) is 6.34. The van der Waals surface area contributed by atoms with Gasteiger partial charge in [-0.2, -0.15) is 8.42 Å². The maximum Gasteiger partial charge on any atom is 0.333 e. The van der Waals surface area contributed by atoms with Gasteiger partial charge in [-0.15, -0.1) is 11.3 Å². The number of halogens is 2. The predicted molar refractivity (Wildman–Crippen MR) is 141 cm³/mol. The maximum atomic E-state index is 14.0. The molecule has 1 aliphatic heterocycles. The van der Waals surface area contributed by atoms with E-state index in [2.05, 4.69) is 15.3 Å². The van der Waals surface area contributed by atoms with Gasteiger partial charge in [0.1, 0.15) is 24.1 Å². The molecule has 3 N–H and O–H groups in total. The SMILES string of the molecule is NS(=O)(=O)OC[C@@H]1CC[C@H](CNc2ncncc2C(=O)c2cc(C3OCCc4ccc(F)cc43)c(Cl)s2)C1. The summed E-state index contributed by atoms with van der Waals surface area (Å²) in [5, 5.41) is 8.17. The van der Waals surface area contributed by atoms with Crippen LogP contribution in [0.25, 0.3) is 0 Å². The summed E-state index contributed by atoms with van der Waals surface area (Å²) in [5.74, 6) is 0.117. The zero-order valence-electron chi connectivity index (χ0n) is 20.2. The molecule has 1 saturated carbocycles. The van der Waals surface area contributed by atoms with E-state index in [1.165, 1.54) is 24.7 Å². The molecule has 9 nitrogen and oxygen atoms in total. The first-order valence-electron chi connectivity index (χ1n) is 12.1. The smallest absolute Gasteiger partial charge is 0.333 e. The molecule has 1 aliphatic carbocycles. The number of benzene rings is 1. The molecule has 1 unspecified atom stereocenters. The van der Waals surface area contributed by atoms with Crippen molar-refractivity contribution in [1.29, 1.82) is 0 Å². The Morgan fingerprint density at radius 1 is 1.26 bits per heavy atom. The summed E-state index contributed by atoms with van der Waals surface area (Å²) in [6.45, 7) is 1.09. The second-order valence-corrected chi connectivity index (χ2v) is 12.4. The molecular weight excluding hydrogens is 555 g/mol. The van der Waals surface area contributed by atoms with Crippen LogP contribution < -0.4 is 10.5 Å². The number of carbonyl (C=O) groups excluding carboxylic acids is 1. The first-order chi connectivity index (χ1) is 18.2. The first kappa shape index (κ1) is 27.1. The van der Waals surface area contributed by atoms with Crippen LogP contribution in [0.5, 0.6) is 0 Å². The lowest BCUT2D eigenvalue weighted by Crippen LogP contribution is -2.20. The number of fused-ring (bicyclic) bond motifs is 1. The largest absolute Gasteiger partial charge is 0.369 e. The van der Waals surface area contributed by atoms with Crippen molar-refractivity contribution in [3.63, 3.8) is 0 Å². The molecule has 3 aromatic rings. The minimum atomic E-state index is -3.95. The monoisotopic (exact) mass is 580 g/mol. The van der Waals surface area contributed by atoms with E-state index >= 15 is 0 Å². The molecule has 2 aromatic heterocycles. The number of anilines is 1. The van der Waals surface area contributed by atoms with Crippen LogP contribution in [0.4, 0.5) is 10.2 Å². The van der Waals surface area contributed by atoms with Gasteiger partial charge < -0.3 is 10.1 Å². The Kier molecular flexibility index (Phi) is 8.08. The lowest BCUT2D eigenvalue weighted by molar-refractivity contribution is 0.0698. The van der Waals surface area contributed by atoms with Gasteiger partial charge >= 0.3 is 10.3 Å². The highest BCUT2D eigenvalue weighted by Crippen LogP contribution is 2.41. The van der Waals surface area contributed by atoms with Crippen molar-refractivity contribution in [2.45, 2.75) is 31.8 Å². The zero-order chi connectivity index (χ0) is 26.9. The van der Waals surface area contributed by atoms with Crippen LogP contribution in [0.3, 0.4) is 0 Å². The molecule has 1 fully saturated rings. The number of carbonyl (C=O) groups is 1. The van der Waals surface area contributed by atoms with E-state index in [0.717, 1.165) is 36.2 Å². The Morgan fingerprint density at radius 2 is 2.08 bits per heavy atom. The van der Waals surface area contributed by atoms with Crippen molar-refractivity contribution in [1.82, 2.24) is 9.97 Å². The van der Waals surface area contributed by atoms with E-state index in [4.69, 9.17) is 25.7 Å². The maximum absolute atomic E-state index is 14.0. The third-order valence-corrected chi connectivity index (χ3v) is 8.75. The number of nitrogens with zero attached hydrogens (tertiary/aromatic N) is 2. The number of aromatic nitrogens is 2. The van der Waals surface area contributed by atoms with Crippen LogP contribution in [0, 0.1) is 17.7 Å². The van der Waals surface area contributed by atoms with Gasteiger partial charge in [0.25, 0.3) is 0 Å². The van der Waals surface area contributed by atoms with Crippen molar-refractivity contribution in [3.8, 4) is 0 Å². The average Bonchev–Trinajstić information content (AvgIpc) is 3.51. The Hall–Kier alpha value is -2.48. The Balaban J connectivity index is 1.29. The second-order valence-electron chi connectivity index (χ2n) is 9.50. The van der Waals surface area contributed by atoms with Crippen LogP contribution in [0.1, 0.15) is 57.3 Å². The molecule has 0 radical (unpaired) electrons. The van der Waals surface area contributed by atoms with E-state index in [1.807, 2.05) is 0 Å². The molecule has 0 amide bonds. The van der Waals surface area contributed by atoms with Crippen LogP contribution in [-0.2, 0) is 25.6 Å². The van der Waals surface area contributed by atoms with E-state index in [0.29, 0.717) is 51.3 Å². The van der Waals surface area contributed by atoms with Crippen molar-refractivity contribution in [2.75, 3.05) is 25.1 Å². The third-order valence-electron chi connectivity index (χ3n) is 6.90. The normalized spacial score (nSPS) is 21.3. The molecule has 0 saturated heterocycles. The van der Waals surface area contributed by atoms with Gasteiger partial charge in [0.05, 0.1) is 28.0 Å². The highest BCUT2D eigenvalue weighted by Gasteiger charge is 2.29. The van der Waals surface area contributed by atoms with Crippen LogP contribution >= 0.6 is 22.9 Å². The summed E-state index contributed by atoms with van der Waals surface area (Å²) in [7, 11) is -3.95. The van der Waals surface area contributed by atoms with Crippen LogP contribution in [-0.4, -0.2) is 43.9 Å². The van der Waals surface area contributed by atoms with Crippen LogP contribution in [0.15, 0.2) is 36.8 Å². The molecule has 202 valence electrons. The predicted octanol–water partition coefficient (Wildman–Crippen LogP) is 4.27. The molecule has 5 rings (SSSR count). The Labute approximate surface area is 228 Å². The van der Waals surface area contributed by atoms with Gasteiger partial charge in [0, 0.05) is 18.3 Å². The lowest BCUT2D eigenvalue weighted by Gasteiger charge is -2.26. The van der Waals surface area contributed by atoms with Crippen molar-refractivity contribution in [3.05, 3.63) is 74.1 Å². The van der Waals surface area contributed by atoms with Crippen molar-refractivity contribution >= 4 is 44.8 Å². The highest BCUT2D eigenvalue weighted by molar-refractivity contribution is 7.84. The van der Waals surface area contributed by atoms with Gasteiger partial charge in [0.2, 0.25) is 5.78 Å². The molecule has 38 heavy (non-hydrogen) atoms. The summed E-state index contributed by atoms with van der Waals surface area (Å²) in [4.78, 5) is 22.2. The number of rotatable bonds is 9. The molecule has 0 spiro atoms. The number of hydrogen-bond acceptors (Lipinski definition) is 9. The molecule has 3 heterocycles. The molecule has 1 aromatic carbocycles. The van der Waals surface area contributed by atoms with Crippen LogP contribution in [0.2, 0.25) is 4.34 Å². The summed E-state index contributed by atoms with van der Waals surface area (Å²) in [6.07, 6.45) is 5.42. The molecule has 0 bridgehead atoms. The topological polar surface area (TPSA) is 134 Å².